The number of halogens is 7. The largest absolute Gasteiger partial charge is 0.436 e. The summed E-state index contributed by atoms with van der Waals surface area (Å²) < 4.78 is 91.2. The minimum absolute atomic E-state index is 0.0458. The van der Waals surface area contributed by atoms with E-state index in [9.17, 15) is 31.1 Å². The Balaban J connectivity index is 1.92. The maximum Gasteiger partial charge on any atom is 0.426 e. The lowest BCUT2D eigenvalue weighted by Crippen LogP contribution is -2.25. The monoisotopic (exact) mass is 479 g/mol. The van der Waals surface area contributed by atoms with E-state index in [4.69, 9.17) is 21.1 Å². The fourth-order valence-corrected chi connectivity index (χ4v) is 3.59. The number of hydrogen-bond acceptors (Lipinski definition) is 4. The molecular formula is C21H16ClF6NO3. The predicted octanol–water partition coefficient (Wildman–Crippen LogP) is 6.54. The van der Waals surface area contributed by atoms with Crippen LogP contribution in [0, 0.1) is 34.3 Å². The SMILES string of the molecule is CC1(C)C(C=C(Cl)C(F)(F)F)C1(C)C(=O)Oc1c(F)c(F)nc(Oc2ccccc2)c1F. The van der Waals surface area contributed by atoms with Crippen LogP contribution in [0.5, 0.6) is 17.4 Å². The van der Waals surface area contributed by atoms with Crippen molar-refractivity contribution in [2.45, 2.75) is 26.9 Å². The number of ether oxygens (including phenoxy) is 2. The number of carbonyl (C=O) groups is 1. The molecule has 1 aromatic carbocycles. The van der Waals surface area contributed by atoms with E-state index < -0.39 is 63.1 Å². The number of para-hydroxylation sites is 1. The highest BCUT2D eigenvalue weighted by atomic mass is 35.5. The minimum atomic E-state index is -4.83. The maximum atomic E-state index is 14.8. The number of benzene rings is 1. The molecule has 3 rings (SSSR count). The van der Waals surface area contributed by atoms with Gasteiger partial charge in [0, 0.05) is 5.92 Å². The Hall–Kier alpha value is -2.75. The van der Waals surface area contributed by atoms with Gasteiger partial charge in [-0.25, -0.2) is 0 Å². The average Bonchev–Trinajstić information content (AvgIpc) is 3.15. The molecule has 1 saturated carbocycles. The highest BCUT2D eigenvalue weighted by Crippen LogP contribution is 2.70. The van der Waals surface area contributed by atoms with Crippen LogP contribution in [-0.2, 0) is 4.79 Å². The number of pyridine rings is 1. The summed E-state index contributed by atoms with van der Waals surface area (Å²) in [6.07, 6.45) is -4.19. The van der Waals surface area contributed by atoms with Gasteiger partial charge in [0.15, 0.2) is 0 Å². The Morgan fingerprint density at radius 3 is 2.25 bits per heavy atom. The van der Waals surface area contributed by atoms with Crippen LogP contribution in [0.15, 0.2) is 41.4 Å². The maximum absolute atomic E-state index is 14.8. The van der Waals surface area contributed by atoms with E-state index in [1.807, 2.05) is 0 Å². The third kappa shape index (κ3) is 4.03. The molecule has 11 heteroatoms. The van der Waals surface area contributed by atoms with Crippen LogP contribution in [0.1, 0.15) is 20.8 Å². The standard InChI is InChI=1S/C21H16ClF6NO3/c1-19(2)11(9-12(22)21(26,27)28)20(19,3)18(30)32-15-13(23)16(25)29-17(14(15)24)31-10-7-5-4-6-8-10/h4-9,11H,1-3H3. The molecule has 1 aliphatic carbocycles. The van der Waals surface area contributed by atoms with Crippen LogP contribution < -0.4 is 9.47 Å². The molecule has 2 unspecified atom stereocenters. The number of carbonyl (C=O) groups excluding carboxylic acids is 1. The number of nitrogens with zero attached hydrogens (tertiary/aromatic N) is 1. The van der Waals surface area contributed by atoms with Crippen LogP contribution in [0.3, 0.4) is 0 Å². The Bertz CT molecular complexity index is 1090. The van der Waals surface area contributed by atoms with E-state index in [0.29, 0.717) is 6.08 Å². The first-order chi connectivity index (χ1) is 14.7. The van der Waals surface area contributed by atoms with E-state index in [1.54, 1.807) is 6.07 Å². The van der Waals surface area contributed by atoms with Crippen molar-refractivity contribution in [3.8, 4) is 17.4 Å². The van der Waals surface area contributed by atoms with Crippen molar-refractivity contribution in [3.63, 3.8) is 0 Å². The van der Waals surface area contributed by atoms with Crippen molar-refractivity contribution in [1.82, 2.24) is 4.98 Å². The van der Waals surface area contributed by atoms with Crippen LogP contribution in [0.2, 0.25) is 0 Å². The Morgan fingerprint density at radius 1 is 1.09 bits per heavy atom. The highest BCUT2D eigenvalue weighted by Gasteiger charge is 2.73. The van der Waals surface area contributed by atoms with Crippen molar-refractivity contribution in [2.75, 3.05) is 0 Å². The minimum Gasteiger partial charge on any atom is -0.436 e. The van der Waals surface area contributed by atoms with Crippen molar-refractivity contribution in [2.24, 2.45) is 16.7 Å². The fourth-order valence-electron chi connectivity index (χ4n) is 3.46. The molecular weight excluding hydrogens is 464 g/mol. The van der Waals surface area contributed by atoms with Gasteiger partial charge in [0.25, 0.3) is 11.8 Å². The molecule has 0 spiro atoms. The van der Waals surface area contributed by atoms with E-state index >= 15 is 0 Å². The first-order valence-electron chi connectivity index (χ1n) is 9.15. The summed E-state index contributed by atoms with van der Waals surface area (Å²) in [5.41, 5.74) is -2.73. The molecule has 0 aliphatic heterocycles. The van der Waals surface area contributed by atoms with Crippen molar-refractivity contribution in [1.29, 1.82) is 0 Å². The second-order valence-corrected chi connectivity index (χ2v) is 8.29. The predicted molar refractivity (Wildman–Crippen MR) is 102 cm³/mol. The van der Waals surface area contributed by atoms with E-state index in [2.05, 4.69) is 4.98 Å². The third-order valence-corrected chi connectivity index (χ3v) is 6.12. The van der Waals surface area contributed by atoms with Gasteiger partial charge in [0.05, 0.1) is 5.41 Å². The van der Waals surface area contributed by atoms with E-state index in [0.717, 1.165) is 0 Å². The van der Waals surface area contributed by atoms with Gasteiger partial charge < -0.3 is 9.47 Å². The average molecular weight is 480 g/mol. The number of aromatic nitrogens is 1. The molecule has 0 amide bonds. The molecule has 32 heavy (non-hydrogen) atoms. The fraction of sp³-hybridized carbons (Fsp3) is 0.333. The van der Waals surface area contributed by atoms with Gasteiger partial charge in [-0.15, -0.1) is 0 Å². The van der Waals surface area contributed by atoms with Gasteiger partial charge in [-0.1, -0.05) is 49.7 Å². The summed E-state index contributed by atoms with van der Waals surface area (Å²) in [4.78, 5) is 15.8. The Morgan fingerprint density at radius 2 is 1.69 bits per heavy atom. The van der Waals surface area contributed by atoms with Crippen molar-refractivity contribution in [3.05, 3.63) is 59.0 Å². The number of esters is 1. The summed E-state index contributed by atoms with van der Waals surface area (Å²) in [7, 11) is 0. The van der Waals surface area contributed by atoms with Crippen molar-refractivity contribution < 1.29 is 40.6 Å². The van der Waals surface area contributed by atoms with E-state index in [1.165, 1.54) is 45.0 Å². The van der Waals surface area contributed by atoms with Crippen molar-refractivity contribution >= 4 is 17.6 Å². The summed E-state index contributed by atoms with van der Waals surface area (Å²) in [6, 6.07) is 7.48. The Labute approximate surface area is 183 Å². The van der Waals surface area contributed by atoms with Gasteiger partial charge in [-0.3, -0.25) is 4.79 Å². The second-order valence-electron chi connectivity index (χ2n) is 7.88. The number of alkyl halides is 3. The topological polar surface area (TPSA) is 48.4 Å². The quantitative estimate of drug-likeness (QED) is 0.277. The zero-order valence-electron chi connectivity index (χ0n) is 16.9. The molecule has 0 bridgehead atoms. The summed E-state index contributed by atoms with van der Waals surface area (Å²) >= 11 is 5.27. The molecule has 0 N–H and O–H groups in total. The summed E-state index contributed by atoms with van der Waals surface area (Å²) in [6.45, 7) is 4.17. The normalized spacial score (nSPS) is 22.4. The first-order valence-corrected chi connectivity index (χ1v) is 9.53. The van der Waals surface area contributed by atoms with Gasteiger partial charge >= 0.3 is 12.1 Å². The summed E-state index contributed by atoms with van der Waals surface area (Å²) in [5, 5.41) is -1.45. The van der Waals surface area contributed by atoms with Gasteiger partial charge in [-0.2, -0.15) is 31.3 Å². The lowest BCUT2D eigenvalue weighted by molar-refractivity contribution is -0.141. The Kier molecular flexibility index (Phi) is 5.97. The number of hydrogen-bond donors (Lipinski definition) is 0. The molecule has 0 radical (unpaired) electrons. The van der Waals surface area contributed by atoms with Crippen LogP contribution in [0.4, 0.5) is 26.3 Å². The van der Waals surface area contributed by atoms with Crippen LogP contribution in [-0.4, -0.2) is 17.1 Å². The highest BCUT2D eigenvalue weighted by molar-refractivity contribution is 6.30. The molecule has 172 valence electrons. The molecule has 2 aromatic rings. The zero-order valence-corrected chi connectivity index (χ0v) is 17.6. The zero-order chi connectivity index (χ0) is 24.1. The van der Waals surface area contributed by atoms with E-state index in [-0.39, 0.29) is 5.75 Å². The second kappa shape index (κ2) is 7.99. The molecule has 1 fully saturated rings. The van der Waals surface area contributed by atoms with Gasteiger partial charge in [0.1, 0.15) is 10.8 Å². The third-order valence-electron chi connectivity index (χ3n) is 5.78. The first kappa shape index (κ1) is 23.9. The molecule has 0 saturated heterocycles. The van der Waals surface area contributed by atoms with Gasteiger partial charge in [-0.05, 0) is 24.5 Å². The van der Waals surface area contributed by atoms with Crippen LogP contribution in [0.25, 0.3) is 0 Å². The summed E-state index contributed by atoms with van der Waals surface area (Å²) in [5.74, 6) is -9.97. The smallest absolute Gasteiger partial charge is 0.426 e. The molecule has 4 nitrogen and oxygen atoms in total. The number of allylic oxidation sites excluding steroid dienone is 2. The van der Waals surface area contributed by atoms with Crippen LogP contribution >= 0.6 is 11.6 Å². The van der Waals surface area contributed by atoms with Gasteiger partial charge in [0.2, 0.25) is 17.4 Å². The molecule has 2 atom stereocenters. The molecule has 1 aliphatic rings. The molecule has 1 heterocycles. The lowest BCUT2D eigenvalue weighted by atomic mass is 9.98. The molecule has 1 aromatic heterocycles. The number of rotatable bonds is 5. The lowest BCUT2D eigenvalue weighted by Gasteiger charge is -2.15.